The Morgan fingerprint density at radius 3 is 2.83 bits per heavy atom. The number of aromatic nitrogens is 1. The summed E-state index contributed by atoms with van der Waals surface area (Å²) in [5.74, 6) is -0.554. The van der Waals surface area contributed by atoms with Crippen LogP contribution in [0.5, 0.6) is 0 Å². The predicted molar refractivity (Wildman–Crippen MR) is 44.6 cm³/mol. The molecular weight excluding hydrogens is 181 g/mol. The van der Waals surface area contributed by atoms with Gasteiger partial charge >= 0.3 is 0 Å². The maximum Gasteiger partial charge on any atom is 0.214 e. The van der Waals surface area contributed by atoms with E-state index in [1.54, 1.807) is 0 Å². The lowest BCUT2D eigenvalue weighted by Crippen LogP contribution is -2.09. The summed E-state index contributed by atoms with van der Waals surface area (Å²) >= 11 is 0. The molecule has 4 nitrogen and oxygen atoms in total. The minimum absolute atomic E-state index is 0.109. The van der Waals surface area contributed by atoms with E-state index in [1.165, 1.54) is 24.5 Å². The van der Waals surface area contributed by atoms with E-state index in [9.17, 15) is 8.60 Å². The molecule has 0 aliphatic rings. The fourth-order valence-electron chi connectivity index (χ4n) is 0.665. The number of rotatable bonds is 2. The molecule has 1 heterocycles. The first-order valence-electron chi connectivity index (χ1n) is 3.11. The van der Waals surface area contributed by atoms with Gasteiger partial charge in [-0.3, -0.25) is 4.72 Å². The van der Waals surface area contributed by atoms with E-state index >= 15 is 0 Å². The minimum atomic E-state index is -2.87. The van der Waals surface area contributed by atoms with Crippen LogP contribution in [0.3, 0.4) is 0 Å². The molecule has 0 aliphatic heterocycles. The van der Waals surface area contributed by atoms with Crippen LogP contribution in [0.25, 0.3) is 0 Å². The molecular formula is C6H8FN3OS. The molecule has 0 aliphatic carbocycles. The fourth-order valence-corrected chi connectivity index (χ4v) is 1.18. The smallest absolute Gasteiger partial charge is 0.214 e. The number of halogens is 1. The van der Waals surface area contributed by atoms with Crippen molar-refractivity contribution in [2.75, 3.05) is 11.0 Å². The highest BCUT2D eigenvalue weighted by atomic mass is 32.2. The highest BCUT2D eigenvalue weighted by Gasteiger charge is 1.99. The summed E-state index contributed by atoms with van der Waals surface area (Å²) < 4.78 is 32.6. The average Bonchev–Trinajstić information content (AvgIpc) is 1.82. The molecule has 0 saturated carbocycles. The van der Waals surface area contributed by atoms with Crippen molar-refractivity contribution in [2.45, 2.75) is 0 Å². The molecule has 2 N–H and O–H groups in total. The molecule has 1 rings (SSSR count). The van der Waals surface area contributed by atoms with Crippen molar-refractivity contribution >= 4 is 15.7 Å². The standard InChI is InChI=1S/C6H8FN3OS/c1-12(8,11)10-6-4-2-3-5(7)9-6/h2-4H,1H3,(H2,8,9,10,11). The van der Waals surface area contributed by atoms with Crippen molar-refractivity contribution in [3.63, 3.8) is 0 Å². The molecule has 6 heteroatoms. The zero-order chi connectivity index (χ0) is 9.19. The molecule has 0 spiro atoms. The van der Waals surface area contributed by atoms with Crippen molar-refractivity contribution < 1.29 is 8.60 Å². The van der Waals surface area contributed by atoms with Crippen LogP contribution in [0, 0.1) is 10.7 Å². The van der Waals surface area contributed by atoms with Gasteiger partial charge in [0.15, 0.2) is 0 Å². The first kappa shape index (κ1) is 8.92. The molecule has 1 atom stereocenters. The normalized spacial score (nSPS) is 15.2. The maximum atomic E-state index is 12.4. The number of nitrogens with one attached hydrogen (secondary N) is 2. The minimum Gasteiger partial charge on any atom is -0.283 e. The van der Waals surface area contributed by atoms with Crippen LogP contribution in [0.2, 0.25) is 0 Å². The van der Waals surface area contributed by atoms with Gasteiger partial charge in [0.1, 0.15) is 15.7 Å². The topological polar surface area (TPSA) is 65.8 Å². The van der Waals surface area contributed by atoms with Gasteiger partial charge in [0.05, 0.1) is 0 Å². The van der Waals surface area contributed by atoms with E-state index in [-0.39, 0.29) is 5.82 Å². The van der Waals surface area contributed by atoms with E-state index in [0.29, 0.717) is 0 Å². The van der Waals surface area contributed by atoms with Gasteiger partial charge in [0, 0.05) is 6.26 Å². The lowest BCUT2D eigenvalue weighted by atomic mass is 10.5. The summed E-state index contributed by atoms with van der Waals surface area (Å²) in [5, 5.41) is 0. The van der Waals surface area contributed by atoms with Crippen molar-refractivity contribution in [3.8, 4) is 0 Å². The third-order valence-electron chi connectivity index (χ3n) is 1.01. The lowest BCUT2D eigenvalue weighted by molar-refractivity contribution is 0.586. The van der Waals surface area contributed by atoms with Crippen LogP contribution in [0.4, 0.5) is 10.2 Å². The van der Waals surface area contributed by atoms with Gasteiger partial charge in [0.25, 0.3) is 0 Å². The zero-order valence-electron chi connectivity index (χ0n) is 6.37. The Labute approximate surface area is 69.9 Å². The Bertz CT molecular complexity index is 376. The summed E-state index contributed by atoms with van der Waals surface area (Å²) in [6.07, 6.45) is 1.19. The lowest BCUT2D eigenvalue weighted by Gasteiger charge is -2.03. The van der Waals surface area contributed by atoms with E-state index in [4.69, 9.17) is 4.78 Å². The molecule has 12 heavy (non-hydrogen) atoms. The molecule has 0 bridgehead atoms. The van der Waals surface area contributed by atoms with Crippen LogP contribution >= 0.6 is 0 Å². The Hall–Kier alpha value is -1.17. The zero-order valence-corrected chi connectivity index (χ0v) is 7.19. The van der Waals surface area contributed by atoms with E-state index in [1.807, 2.05) is 0 Å². The van der Waals surface area contributed by atoms with E-state index in [2.05, 4.69) is 9.71 Å². The Balaban J connectivity index is 2.91. The molecule has 1 unspecified atom stereocenters. The molecule has 0 saturated heterocycles. The van der Waals surface area contributed by atoms with E-state index < -0.39 is 15.9 Å². The second kappa shape index (κ2) is 3.06. The second-order valence-corrected chi connectivity index (χ2v) is 4.18. The van der Waals surface area contributed by atoms with Gasteiger partial charge in [-0.15, -0.1) is 0 Å². The van der Waals surface area contributed by atoms with Crippen LogP contribution in [0.1, 0.15) is 0 Å². The number of hydrogen-bond acceptors (Lipinski definition) is 3. The largest absolute Gasteiger partial charge is 0.283 e. The van der Waals surface area contributed by atoms with Crippen LogP contribution < -0.4 is 4.72 Å². The third kappa shape index (κ3) is 2.83. The number of nitrogens with zero attached hydrogens (tertiary/aromatic N) is 1. The van der Waals surface area contributed by atoms with Crippen LogP contribution in [-0.2, 0) is 9.92 Å². The SMILES string of the molecule is CS(=N)(=O)Nc1cccc(F)n1. The summed E-state index contributed by atoms with van der Waals surface area (Å²) in [6.45, 7) is 0. The van der Waals surface area contributed by atoms with Gasteiger partial charge in [0.2, 0.25) is 5.95 Å². The quantitative estimate of drug-likeness (QED) is 0.687. The summed E-state index contributed by atoms with van der Waals surface area (Å²) in [7, 11) is -2.87. The van der Waals surface area contributed by atoms with Gasteiger partial charge in [-0.2, -0.15) is 4.39 Å². The van der Waals surface area contributed by atoms with Crippen molar-refractivity contribution in [3.05, 3.63) is 24.1 Å². The van der Waals surface area contributed by atoms with E-state index in [0.717, 1.165) is 0 Å². The molecule has 0 aromatic carbocycles. The molecule has 66 valence electrons. The van der Waals surface area contributed by atoms with Gasteiger partial charge in [-0.05, 0) is 12.1 Å². The molecule has 0 fully saturated rings. The Morgan fingerprint density at radius 2 is 2.33 bits per heavy atom. The number of pyridine rings is 1. The molecule has 0 amide bonds. The van der Waals surface area contributed by atoms with Crippen LogP contribution in [0.15, 0.2) is 18.2 Å². The summed E-state index contributed by atoms with van der Waals surface area (Å²) in [6, 6.07) is 4.04. The maximum absolute atomic E-state index is 12.4. The molecule has 1 aromatic rings. The van der Waals surface area contributed by atoms with Crippen LogP contribution in [-0.4, -0.2) is 15.4 Å². The first-order valence-corrected chi connectivity index (χ1v) is 5.08. The van der Waals surface area contributed by atoms with Gasteiger partial charge < -0.3 is 0 Å². The third-order valence-corrected chi connectivity index (χ3v) is 1.61. The highest BCUT2D eigenvalue weighted by Crippen LogP contribution is 2.04. The number of hydrogen-bond donors (Lipinski definition) is 2. The number of anilines is 1. The van der Waals surface area contributed by atoms with Crippen molar-refractivity contribution in [1.82, 2.24) is 4.98 Å². The van der Waals surface area contributed by atoms with Crippen molar-refractivity contribution in [1.29, 1.82) is 4.78 Å². The molecule has 0 radical (unpaired) electrons. The fraction of sp³-hybridized carbons (Fsp3) is 0.167. The highest BCUT2D eigenvalue weighted by molar-refractivity contribution is 7.93. The monoisotopic (exact) mass is 189 g/mol. The van der Waals surface area contributed by atoms with Gasteiger partial charge in [-0.25, -0.2) is 14.0 Å². The summed E-state index contributed by atoms with van der Waals surface area (Å²) in [4.78, 5) is 3.38. The van der Waals surface area contributed by atoms with Gasteiger partial charge in [-0.1, -0.05) is 6.07 Å². The average molecular weight is 189 g/mol. The second-order valence-electron chi connectivity index (χ2n) is 2.29. The summed E-state index contributed by atoms with van der Waals surface area (Å²) in [5.41, 5.74) is 0. The Morgan fingerprint density at radius 1 is 1.67 bits per heavy atom. The predicted octanol–water partition coefficient (Wildman–Crippen LogP) is 1.22. The van der Waals surface area contributed by atoms with Crippen molar-refractivity contribution in [2.24, 2.45) is 0 Å². The first-order chi connectivity index (χ1) is 5.47. The Kier molecular flexibility index (Phi) is 2.27. The molecule has 1 aromatic heterocycles.